The summed E-state index contributed by atoms with van der Waals surface area (Å²) in [6.07, 6.45) is 8.63. The average molecular weight is 372 g/mol. The van der Waals surface area contributed by atoms with Crippen molar-refractivity contribution in [2.75, 3.05) is 33.0 Å². The van der Waals surface area contributed by atoms with Crippen LogP contribution < -0.4 is 0 Å². The normalized spacial score (nSPS) is 20.6. The van der Waals surface area contributed by atoms with Crippen LogP contribution in [0.4, 0.5) is 0 Å². The molecule has 0 radical (unpaired) electrons. The summed E-state index contributed by atoms with van der Waals surface area (Å²) in [5, 5.41) is 4.13. The summed E-state index contributed by atoms with van der Waals surface area (Å²) in [4.78, 5) is 14.8. The van der Waals surface area contributed by atoms with E-state index in [1.165, 1.54) is 5.69 Å². The quantitative estimate of drug-likeness (QED) is 0.730. The first kappa shape index (κ1) is 18.3. The summed E-state index contributed by atoms with van der Waals surface area (Å²) in [6, 6.07) is 4.40. The van der Waals surface area contributed by atoms with Gasteiger partial charge >= 0.3 is 0 Å². The van der Waals surface area contributed by atoms with Gasteiger partial charge in [-0.2, -0.15) is 5.10 Å². The van der Waals surface area contributed by atoms with E-state index in [0.717, 1.165) is 39.1 Å². The number of rotatable bonds is 6. The van der Waals surface area contributed by atoms with Crippen LogP contribution in [0, 0.1) is 5.92 Å². The van der Waals surface area contributed by atoms with E-state index >= 15 is 0 Å². The first-order chi connectivity index (χ1) is 13.2. The van der Waals surface area contributed by atoms with Crippen LogP contribution in [0.25, 0.3) is 0 Å². The molecule has 1 saturated heterocycles. The Balaban J connectivity index is 1.34. The summed E-state index contributed by atoms with van der Waals surface area (Å²) in [7, 11) is 1.83. The Labute approximate surface area is 159 Å². The zero-order valence-corrected chi connectivity index (χ0v) is 15.9. The molecular weight excluding hydrogens is 344 g/mol. The third-order valence-electron chi connectivity index (χ3n) is 5.57. The maximum Gasteiger partial charge on any atom is 0.257 e. The van der Waals surface area contributed by atoms with Crippen LogP contribution >= 0.6 is 0 Å². The zero-order valence-electron chi connectivity index (χ0n) is 15.9. The third-order valence-corrected chi connectivity index (χ3v) is 5.57. The standard InChI is InChI=1S/C20H28N4O3/c1-22-12-17(11-21-22)20(25)23-13-18-3-2-7-24(18)19(14-23)6-10-27-15-16-4-8-26-9-5-16/h2-3,7,11-12,16,19H,4-6,8-10,13-15H2,1H3/t19-/m0/s1. The molecular formula is C20H28N4O3. The zero-order chi connectivity index (χ0) is 18.6. The smallest absolute Gasteiger partial charge is 0.257 e. The van der Waals surface area contributed by atoms with Crippen molar-refractivity contribution >= 4 is 5.91 Å². The molecule has 0 bridgehead atoms. The lowest BCUT2D eigenvalue weighted by Gasteiger charge is -2.35. The van der Waals surface area contributed by atoms with Crippen molar-refractivity contribution in [1.82, 2.24) is 19.2 Å². The van der Waals surface area contributed by atoms with E-state index in [-0.39, 0.29) is 11.9 Å². The predicted molar refractivity (Wildman–Crippen MR) is 100 cm³/mol. The second-order valence-corrected chi connectivity index (χ2v) is 7.57. The molecule has 0 N–H and O–H groups in total. The first-order valence-electron chi connectivity index (χ1n) is 9.80. The number of ether oxygens (including phenoxy) is 2. The van der Waals surface area contributed by atoms with E-state index < -0.39 is 0 Å². The fourth-order valence-corrected chi connectivity index (χ4v) is 4.00. The van der Waals surface area contributed by atoms with Crippen molar-refractivity contribution in [3.63, 3.8) is 0 Å². The fraction of sp³-hybridized carbons (Fsp3) is 0.600. The Bertz CT molecular complexity index is 763. The molecule has 2 aliphatic rings. The lowest BCUT2D eigenvalue weighted by atomic mass is 10.0. The highest BCUT2D eigenvalue weighted by molar-refractivity contribution is 5.93. The van der Waals surface area contributed by atoms with Crippen LogP contribution in [0.2, 0.25) is 0 Å². The van der Waals surface area contributed by atoms with Crippen molar-refractivity contribution in [3.8, 4) is 0 Å². The molecule has 1 amide bonds. The monoisotopic (exact) mass is 372 g/mol. The maximum absolute atomic E-state index is 12.8. The van der Waals surface area contributed by atoms with Crippen molar-refractivity contribution in [3.05, 3.63) is 42.0 Å². The number of carbonyl (C=O) groups excluding carboxylic acids is 1. The Morgan fingerprint density at radius 2 is 2.22 bits per heavy atom. The number of carbonyl (C=O) groups is 1. The molecule has 146 valence electrons. The van der Waals surface area contributed by atoms with Crippen molar-refractivity contribution < 1.29 is 14.3 Å². The Morgan fingerprint density at radius 3 is 3.00 bits per heavy atom. The van der Waals surface area contributed by atoms with Crippen LogP contribution in [0.5, 0.6) is 0 Å². The summed E-state index contributed by atoms with van der Waals surface area (Å²) in [5.74, 6) is 0.666. The van der Waals surface area contributed by atoms with Gasteiger partial charge in [0.25, 0.3) is 5.91 Å². The van der Waals surface area contributed by atoms with Gasteiger partial charge in [-0.25, -0.2) is 0 Å². The Hall–Kier alpha value is -2.12. The largest absolute Gasteiger partial charge is 0.381 e. The van der Waals surface area contributed by atoms with Gasteiger partial charge in [0.1, 0.15) is 0 Å². The molecule has 0 spiro atoms. The molecule has 0 aromatic carbocycles. The molecule has 7 heteroatoms. The van der Waals surface area contributed by atoms with E-state index in [1.807, 2.05) is 11.9 Å². The van der Waals surface area contributed by atoms with Crippen LogP contribution in [0.1, 0.15) is 41.4 Å². The van der Waals surface area contributed by atoms with E-state index in [0.29, 0.717) is 31.2 Å². The van der Waals surface area contributed by atoms with Gasteiger partial charge in [-0.05, 0) is 37.3 Å². The lowest BCUT2D eigenvalue weighted by Crippen LogP contribution is -2.41. The van der Waals surface area contributed by atoms with Gasteiger partial charge in [0.05, 0.1) is 24.3 Å². The van der Waals surface area contributed by atoms with Gasteiger partial charge in [0, 0.05) is 58.1 Å². The number of hydrogen-bond donors (Lipinski definition) is 0. The number of fused-ring (bicyclic) bond motifs is 1. The highest BCUT2D eigenvalue weighted by Crippen LogP contribution is 2.26. The molecule has 0 unspecified atom stereocenters. The minimum Gasteiger partial charge on any atom is -0.381 e. The number of nitrogens with zero attached hydrogens (tertiary/aromatic N) is 4. The highest BCUT2D eigenvalue weighted by atomic mass is 16.5. The molecule has 27 heavy (non-hydrogen) atoms. The first-order valence-corrected chi connectivity index (χ1v) is 9.80. The minimum absolute atomic E-state index is 0.0451. The molecule has 4 heterocycles. The summed E-state index contributed by atoms with van der Waals surface area (Å²) < 4.78 is 15.3. The fourth-order valence-electron chi connectivity index (χ4n) is 4.00. The van der Waals surface area contributed by atoms with Crippen molar-refractivity contribution in [1.29, 1.82) is 0 Å². The SMILES string of the molecule is Cn1cc(C(=O)N2Cc3cccn3[C@@H](CCOCC3CCOCC3)C2)cn1. The molecule has 1 fully saturated rings. The summed E-state index contributed by atoms with van der Waals surface area (Å²) in [6.45, 7) is 4.58. The second kappa shape index (κ2) is 8.27. The van der Waals surface area contributed by atoms with E-state index in [1.54, 1.807) is 17.1 Å². The average Bonchev–Trinajstić information content (AvgIpc) is 3.34. The number of aromatic nitrogens is 3. The minimum atomic E-state index is 0.0451. The molecule has 0 saturated carbocycles. The highest BCUT2D eigenvalue weighted by Gasteiger charge is 2.28. The van der Waals surface area contributed by atoms with Gasteiger partial charge in [-0.3, -0.25) is 9.48 Å². The van der Waals surface area contributed by atoms with Gasteiger partial charge in [0.2, 0.25) is 0 Å². The van der Waals surface area contributed by atoms with Crippen LogP contribution in [-0.2, 0) is 23.1 Å². The second-order valence-electron chi connectivity index (χ2n) is 7.57. The third kappa shape index (κ3) is 4.25. The van der Waals surface area contributed by atoms with Crippen molar-refractivity contribution in [2.45, 2.75) is 31.8 Å². The van der Waals surface area contributed by atoms with E-state index in [4.69, 9.17) is 9.47 Å². The molecule has 1 atom stereocenters. The number of amides is 1. The van der Waals surface area contributed by atoms with Crippen LogP contribution in [0.15, 0.2) is 30.7 Å². The molecule has 0 aliphatic carbocycles. The van der Waals surface area contributed by atoms with Gasteiger partial charge in [0.15, 0.2) is 0 Å². The molecule has 7 nitrogen and oxygen atoms in total. The van der Waals surface area contributed by atoms with Gasteiger partial charge < -0.3 is 18.9 Å². The topological polar surface area (TPSA) is 61.5 Å². The maximum atomic E-state index is 12.8. The summed E-state index contributed by atoms with van der Waals surface area (Å²) in [5.41, 5.74) is 1.82. The van der Waals surface area contributed by atoms with Crippen molar-refractivity contribution in [2.24, 2.45) is 13.0 Å². The molecule has 2 aliphatic heterocycles. The van der Waals surface area contributed by atoms with Crippen LogP contribution in [0.3, 0.4) is 0 Å². The summed E-state index contributed by atoms with van der Waals surface area (Å²) >= 11 is 0. The molecule has 2 aromatic rings. The van der Waals surface area contributed by atoms with E-state index in [2.05, 4.69) is 28.0 Å². The number of hydrogen-bond acceptors (Lipinski definition) is 4. The van der Waals surface area contributed by atoms with E-state index in [9.17, 15) is 4.79 Å². The van der Waals surface area contributed by atoms with Gasteiger partial charge in [-0.15, -0.1) is 0 Å². The molecule has 4 rings (SSSR count). The Morgan fingerprint density at radius 1 is 1.37 bits per heavy atom. The lowest BCUT2D eigenvalue weighted by molar-refractivity contribution is 0.0161. The Kier molecular flexibility index (Phi) is 5.59. The van der Waals surface area contributed by atoms with Gasteiger partial charge in [-0.1, -0.05) is 0 Å². The van der Waals surface area contributed by atoms with Crippen LogP contribution in [-0.4, -0.2) is 58.1 Å². The predicted octanol–water partition coefficient (Wildman–Crippen LogP) is 2.25. The molecule has 2 aromatic heterocycles. The number of aryl methyl sites for hydroxylation is 1.